The summed E-state index contributed by atoms with van der Waals surface area (Å²) in [7, 11) is -3.14. The third-order valence-electron chi connectivity index (χ3n) is 11.7. The van der Waals surface area contributed by atoms with Gasteiger partial charge in [-0.05, 0) is 77.2 Å². The molecule has 5 aliphatic heterocycles. The zero-order chi connectivity index (χ0) is 33.8. The van der Waals surface area contributed by atoms with Gasteiger partial charge >= 0.3 is 0 Å². The lowest BCUT2D eigenvalue weighted by Crippen LogP contribution is -2.50. The molecule has 3 unspecified atom stereocenters. The predicted molar refractivity (Wildman–Crippen MR) is 181 cm³/mol. The SMILES string of the molecule is CC1CCCCCCn2c(=O)c(C3CCS(=O)(=O)CC3)cc3c(ncnc32)N[C@H](C)c2cccc(c2F)C(F)(F)C2CC3CCC(C2)N13. The first-order valence-corrected chi connectivity index (χ1v) is 19.6. The Kier molecular flexibility index (Phi) is 9.10. The Morgan fingerprint density at radius 2 is 1.62 bits per heavy atom. The van der Waals surface area contributed by atoms with E-state index in [0.29, 0.717) is 54.6 Å². The molecule has 7 heterocycles. The molecule has 48 heavy (non-hydrogen) atoms. The third kappa shape index (κ3) is 6.16. The van der Waals surface area contributed by atoms with E-state index in [9.17, 15) is 13.2 Å². The Balaban J connectivity index is 1.29. The molecule has 1 N–H and O–H groups in total. The number of rotatable bonds is 1. The number of aryl methyl sites for hydroxylation is 1. The zero-order valence-electron chi connectivity index (χ0n) is 27.8. The number of benzene rings is 1. The van der Waals surface area contributed by atoms with Gasteiger partial charge in [0.2, 0.25) is 0 Å². The average molecular weight is 686 g/mol. The van der Waals surface area contributed by atoms with E-state index in [0.717, 1.165) is 44.9 Å². The van der Waals surface area contributed by atoms with E-state index in [4.69, 9.17) is 0 Å². The molecule has 4 atom stereocenters. The van der Waals surface area contributed by atoms with Gasteiger partial charge in [0, 0.05) is 41.7 Å². The van der Waals surface area contributed by atoms with Crippen LogP contribution in [-0.2, 0) is 22.3 Å². The summed E-state index contributed by atoms with van der Waals surface area (Å²) in [6, 6.07) is 5.76. The molecule has 0 amide bonds. The molecular weight excluding hydrogens is 639 g/mol. The van der Waals surface area contributed by atoms with E-state index in [1.54, 1.807) is 17.6 Å². The molecular formula is C36H46F3N5O3S. The standard InChI is InChI=1S/C36H46F3N5O3S/c1-22-8-5-3-4-6-15-43-34-30(20-29(35(43)45)24-13-16-48(46,47)17-14-24)33(40-21-41-34)42-23(2)28-9-7-10-31(32(28)37)36(38,39)25-18-26-11-12-27(19-25)44(22)26/h7,9-10,20-27H,3-6,8,11-19H2,1-2H3,(H,40,41,42)/t22?,23-,25?,26?,27?/m1/s1. The molecule has 3 fully saturated rings. The van der Waals surface area contributed by atoms with Gasteiger partial charge in [-0.15, -0.1) is 0 Å². The highest BCUT2D eigenvalue weighted by Crippen LogP contribution is 2.50. The molecule has 0 spiro atoms. The number of alkyl halides is 2. The number of hydrogen-bond donors (Lipinski definition) is 1. The van der Waals surface area contributed by atoms with Gasteiger partial charge in [-0.1, -0.05) is 37.5 Å². The first kappa shape index (κ1) is 33.5. The van der Waals surface area contributed by atoms with Crippen LogP contribution in [0.2, 0.25) is 0 Å². The van der Waals surface area contributed by atoms with Gasteiger partial charge in [-0.25, -0.2) is 31.6 Å². The number of anilines is 1. The zero-order valence-corrected chi connectivity index (χ0v) is 28.6. The van der Waals surface area contributed by atoms with Crippen molar-refractivity contribution in [2.45, 2.75) is 127 Å². The van der Waals surface area contributed by atoms with Crippen molar-refractivity contribution in [1.82, 2.24) is 19.4 Å². The minimum atomic E-state index is -3.31. The van der Waals surface area contributed by atoms with E-state index in [1.807, 2.05) is 0 Å². The first-order chi connectivity index (χ1) is 22.9. The Morgan fingerprint density at radius 3 is 2.35 bits per heavy atom. The van der Waals surface area contributed by atoms with Crippen LogP contribution in [0, 0.1) is 11.7 Å². The normalized spacial score (nSPS) is 30.9. The molecule has 2 aromatic heterocycles. The van der Waals surface area contributed by atoms with Crippen LogP contribution in [0.5, 0.6) is 0 Å². The Hall–Kier alpha value is -2.99. The number of halogens is 3. The topological polar surface area (TPSA) is 97.2 Å². The van der Waals surface area contributed by atoms with Crippen molar-refractivity contribution in [3.63, 3.8) is 0 Å². The molecule has 0 aliphatic carbocycles. The molecule has 3 aromatic rings. The molecule has 0 radical (unpaired) electrons. The van der Waals surface area contributed by atoms with E-state index in [2.05, 4.69) is 27.1 Å². The van der Waals surface area contributed by atoms with Crippen LogP contribution in [0.25, 0.3) is 11.0 Å². The average Bonchev–Trinajstić information content (AvgIpc) is 3.31. The van der Waals surface area contributed by atoms with Gasteiger partial charge in [0.05, 0.1) is 28.5 Å². The molecule has 12 heteroatoms. The van der Waals surface area contributed by atoms with Crippen molar-refractivity contribution in [2.75, 3.05) is 16.8 Å². The largest absolute Gasteiger partial charge is 0.363 e. The van der Waals surface area contributed by atoms with E-state index < -0.39 is 39.1 Å². The molecule has 8 nitrogen and oxygen atoms in total. The fourth-order valence-corrected chi connectivity index (χ4v) is 10.6. The van der Waals surface area contributed by atoms with Gasteiger partial charge in [0.25, 0.3) is 11.5 Å². The highest BCUT2D eigenvalue weighted by molar-refractivity contribution is 7.91. The summed E-state index contributed by atoms with van der Waals surface area (Å²) < 4.78 is 75.0. The highest BCUT2D eigenvalue weighted by Gasteiger charge is 2.52. The number of fused-ring (bicyclic) bond motifs is 7. The monoisotopic (exact) mass is 685 g/mol. The van der Waals surface area contributed by atoms with Crippen molar-refractivity contribution < 1.29 is 21.6 Å². The van der Waals surface area contributed by atoms with Crippen LogP contribution in [0.3, 0.4) is 0 Å². The third-order valence-corrected chi connectivity index (χ3v) is 13.4. The molecule has 260 valence electrons. The quantitative estimate of drug-likeness (QED) is 0.292. The molecule has 3 saturated heterocycles. The number of hydrogen-bond acceptors (Lipinski definition) is 7. The summed E-state index contributed by atoms with van der Waals surface area (Å²) >= 11 is 0. The van der Waals surface area contributed by atoms with Crippen LogP contribution >= 0.6 is 0 Å². The lowest BCUT2D eigenvalue weighted by Gasteiger charge is -2.44. The van der Waals surface area contributed by atoms with Crippen LogP contribution in [0.15, 0.2) is 35.4 Å². The summed E-state index contributed by atoms with van der Waals surface area (Å²) in [4.78, 5) is 25.5. The number of nitrogens with zero attached hydrogens (tertiary/aromatic N) is 4. The number of aromatic nitrogens is 3. The molecule has 8 rings (SSSR count). The van der Waals surface area contributed by atoms with E-state index >= 15 is 13.2 Å². The first-order valence-electron chi connectivity index (χ1n) is 17.7. The number of piperidine rings is 1. The summed E-state index contributed by atoms with van der Waals surface area (Å²) in [6.07, 6.45) is 9.31. The second kappa shape index (κ2) is 13.0. The predicted octanol–water partition coefficient (Wildman–Crippen LogP) is 7.08. The summed E-state index contributed by atoms with van der Waals surface area (Å²) in [5.74, 6) is -4.94. The molecule has 0 saturated carbocycles. The second-order valence-corrected chi connectivity index (χ2v) is 17.0. The Morgan fingerprint density at radius 1 is 0.917 bits per heavy atom. The summed E-state index contributed by atoms with van der Waals surface area (Å²) in [5.41, 5.74) is 0.363. The number of sulfone groups is 1. The maximum Gasteiger partial charge on any atom is 0.278 e. The van der Waals surface area contributed by atoms with Crippen LogP contribution in [-0.4, -0.2) is 57.5 Å². The minimum Gasteiger partial charge on any atom is -0.363 e. The smallest absolute Gasteiger partial charge is 0.278 e. The van der Waals surface area contributed by atoms with Gasteiger partial charge in [-0.2, -0.15) is 0 Å². The van der Waals surface area contributed by atoms with E-state index in [1.165, 1.54) is 24.5 Å². The summed E-state index contributed by atoms with van der Waals surface area (Å²) in [5, 5.41) is 3.82. The lowest BCUT2D eigenvalue weighted by atomic mass is 9.81. The molecule has 10 bridgehead atoms. The van der Waals surface area contributed by atoms with Gasteiger partial charge in [0.1, 0.15) is 33.4 Å². The lowest BCUT2D eigenvalue weighted by molar-refractivity contribution is -0.105. The maximum atomic E-state index is 16.3. The van der Waals surface area contributed by atoms with Crippen molar-refractivity contribution in [3.05, 3.63) is 63.5 Å². The van der Waals surface area contributed by atoms with Crippen molar-refractivity contribution in [1.29, 1.82) is 0 Å². The second-order valence-electron chi connectivity index (χ2n) is 14.7. The highest BCUT2D eigenvalue weighted by atomic mass is 32.2. The van der Waals surface area contributed by atoms with Crippen LogP contribution < -0.4 is 10.9 Å². The fraction of sp³-hybridized carbons (Fsp3) is 0.639. The van der Waals surface area contributed by atoms with Gasteiger partial charge < -0.3 is 5.32 Å². The van der Waals surface area contributed by atoms with Gasteiger partial charge in [0.15, 0.2) is 0 Å². The van der Waals surface area contributed by atoms with Gasteiger partial charge in [-0.3, -0.25) is 14.3 Å². The Labute approximate surface area is 280 Å². The van der Waals surface area contributed by atoms with Crippen molar-refractivity contribution in [3.8, 4) is 0 Å². The number of pyridine rings is 1. The van der Waals surface area contributed by atoms with Crippen molar-refractivity contribution in [2.24, 2.45) is 5.92 Å². The minimum absolute atomic E-state index is 0.0288. The number of nitrogens with one attached hydrogen (secondary N) is 1. The van der Waals surface area contributed by atoms with Crippen molar-refractivity contribution >= 4 is 26.7 Å². The van der Waals surface area contributed by atoms with Crippen LogP contribution in [0.4, 0.5) is 19.0 Å². The maximum absolute atomic E-state index is 16.3. The molecule has 1 aromatic carbocycles. The Bertz CT molecular complexity index is 1820. The molecule has 5 aliphatic rings. The van der Waals surface area contributed by atoms with Crippen LogP contribution in [0.1, 0.15) is 113 Å². The van der Waals surface area contributed by atoms with E-state index in [-0.39, 0.29) is 46.7 Å². The fourth-order valence-electron chi connectivity index (χ4n) is 9.11. The summed E-state index contributed by atoms with van der Waals surface area (Å²) in [6.45, 7) is 4.38.